The quantitative estimate of drug-likeness (QED) is 0.355. The van der Waals surface area contributed by atoms with Gasteiger partial charge in [0.2, 0.25) is 5.91 Å². The van der Waals surface area contributed by atoms with Gasteiger partial charge in [-0.15, -0.1) is 0 Å². The first kappa shape index (κ1) is 28.0. The Morgan fingerprint density at radius 3 is 2.41 bits per heavy atom. The fraction of sp³-hybridized carbons (Fsp3) is 0.531. The summed E-state index contributed by atoms with van der Waals surface area (Å²) in [6, 6.07) is 7.59. The van der Waals surface area contributed by atoms with Crippen LogP contribution in [0, 0.1) is 23.0 Å². The molecular formula is C32H41F2N5O2. The van der Waals surface area contributed by atoms with E-state index in [0.717, 1.165) is 64.2 Å². The average Bonchev–Trinajstić information content (AvgIpc) is 3.48. The minimum atomic E-state index is -0.769. The predicted molar refractivity (Wildman–Crippen MR) is 159 cm³/mol. The number of β-lactam (4-membered cyclic amide) rings is 1. The van der Waals surface area contributed by atoms with Gasteiger partial charge >= 0.3 is 0 Å². The third-order valence-electron chi connectivity index (χ3n) is 9.86. The SMILES string of the molecule is CCC1(CC)C(=O)N(c2c(F)ccc3[nH]ccc23)[C@H]1c1cc(F)c(N2CCC(CN3CCNCC3)CC2)cc1OC. The molecule has 1 amide bonds. The molecule has 0 radical (unpaired) electrons. The van der Waals surface area contributed by atoms with Gasteiger partial charge in [0.15, 0.2) is 0 Å². The minimum absolute atomic E-state index is 0.141. The molecule has 2 N–H and O–H groups in total. The van der Waals surface area contributed by atoms with Crippen LogP contribution in [0.5, 0.6) is 5.75 Å². The zero-order valence-corrected chi connectivity index (χ0v) is 24.3. The van der Waals surface area contributed by atoms with Crippen LogP contribution in [0.15, 0.2) is 36.5 Å². The summed E-state index contributed by atoms with van der Waals surface area (Å²) in [5.74, 6) is 0.194. The first-order chi connectivity index (χ1) is 19.9. The van der Waals surface area contributed by atoms with Crippen molar-refractivity contribution in [2.45, 2.75) is 45.6 Å². The first-order valence-corrected chi connectivity index (χ1v) is 15.1. The summed E-state index contributed by atoms with van der Waals surface area (Å²) in [6.07, 6.45) is 4.89. The van der Waals surface area contributed by atoms with Crippen molar-refractivity contribution in [2.75, 3.05) is 62.7 Å². The second kappa shape index (κ2) is 11.2. The van der Waals surface area contributed by atoms with Gasteiger partial charge in [-0.25, -0.2) is 8.78 Å². The fourth-order valence-electron chi connectivity index (χ4n) is 7.40. The zero-order valence-electron chi connectivity index (χ0n) is 24.3. The van der Waals surface area contributed by atoms with Crippen molar-refractivity contribution in [3.63, 3.8) is 0 Å². The highest BCUT2D eigenvalue weighted by Crippen LogP contribution is 2.59. The predicted octanol–water partition coefficient (Wildman–Crippen LogP) is 5.47. The smallest absolute Gasteiger partial charge is 0.236 e. The normalized spacial score (nSPS) is 21.9. The number of carbonyl (C=O) groups excluding carboxylic acids is 1. The van der Waals surface area contributed by atoms with Gasteiger partial charge in [0.25, 0.3) is 0 Å². The van der Waals surface area contributed by atoms with Gasteiger partial charge in [0, 0.05) is 74.5 Å². The molecule has 3 aliphatic rings. The molecule has 0 bridgehead atoms. The molecular weight excluding hydrogens is 524 g/mol. The Labute approximate surface area is 240 Å². The molecule has 4 heterocycles. The summed E-state index contributed by atoms with van der Waals surface area (Å²) >= 11 is 0. The van der Waals surface area contributed by atoms with E-state index in [2.05, 4.69) is 20.1 Å². The standard InChI is InChI=1S/C32H41F2N5O2/c1-4-32(5-2)30(39(31(32)40)29-22-8-11-36-26(22)7-6-24(29)33)23-18-25(34)27(19-28(23)41-3)38-14-9-21(10-15-38)20-37-16-12-35-13-17-37/h6-8,11,18-19,21,30,35-36H,4-5,9-10,12-17,20H2,1-3H3/t30-/m0/s1. The van der Waals surface area contributed by atoms with Crippen LogP contribution in [0.25, 0.3) is 10.9 Å². The summed E-state index contributed by atoms with van der Waals surface area (Å²) in [5, 5.41) is 4.04. The van der Waals surface area contributed by atoms with Crippen LogP contribution >= 0.6 is 0 Å². The number of hydrogen-bond acceptors (Lipinski definition) is 5. The maximum absolute atomic E-state index is 16.0. The first-order valence-electron chi connectivity index (χ1n) is 15.1. The number of fused-ring (bicyclic) bond motifs is 1. The monoisotopic (exact) mass is 565 g/mol. The lowest BCUT2D eigenvalue weighted by molar-refractivity contribution is -0.141. The number of piperazine rings is 1. The number of aromatic nitrogens is 1. The number of carbonyl (C=O) groups is 1. The number of amides is 1. The number of ether oxygens (including phenoxy) is 1. The lowest BCUT2D eigenvalue weighted by Gasteiger charge is -2.56. The minimum Gasteiger partial charge on any atom is -0.496 e. The van der Waals surface area contributed by atoms with Crippen LogP contribution in [0.2, 0.25) is 0 Å². The number of aromatic amines is 1. The summed E-state index contributed by atoms with van der Waals surface area (Å²) in [7, 11) is 1.58. The molecule has 3 aliphatic heterocycles. The van der Waals surface area contributed by atoms with Crippen molar-refractivity contribution in [1.82, 2.24) is 15.2 Å². The second-order valence-electron chi connectivity index (χ2n) is 11.8. The topological polar surface area (TPSA) is 63.8 Å². The molecule has 41 heavy (non-hydrogen) atoms. The van der Waals surface area contributed by atoms with Gasteiger partial charge in [-0.2, -0.15) is 0 Å². The Hall–Kier alpha value is -3.17. The molecule has 0 saturated carbocycles. The van der Waals surface area contributed by atoms with E-state index >= 15 is 8.78 Å². The molecule has 1 atom stereocenters. The molecule has 6 rings (SSSR count). The highest BCUT2D eigenvalue weighted by molar-refractivity contribution is 6.11. The van der Waals surface area contributed by atoms with Gasteiger partial charge in [0.1, 0.15) is 17.4 Å². The maximum Gasteiger partial charge on any atom is 0.236 e. The van der Waals surface area contributed by atoms with Crippen LogP contribution in [0.3, 0.4) is 0 Å². The third kappa shape index (κ3) is 4.67. The summed E-state index contributed by atoms with van der Waals surface area (Å²) in [6.45, 7) is 10.9. The lowest BCUT2D eigenvalue weighted by atomic mass is 9.63. The van der Waals surface area contributed by atoms with Gasteiger partial charge in [-0.1, -0.05) is 13.8 Å². The Bertz CT molecular complexity index is 1410. The number of methoxy groups -OCH3 is 1. The molecule has 1 aromatic heterocycles. The largest absolute Gasteiger partial charge is 0.496 e. The Kier molecular flexibility index (Phi) is 7.68. The van der Waals surface area contributed by atoms with E-state index in [4.69, 9.17) is 4.74 Å². The van der Waals surface area contributed by atoms with Crippen molar-refractivity contribution in [2.24, 2.45) is 11.3 Å². The highest BCUT2D eigenvalue weighted by Gasteiger charge is 2.61. The number of hydrogen-bond donors (Lipinski definition) is 2. The van der Waals surface area contributed by atoms with Crippen molar-refractivity contribution in [3.8, 4) is 5.75 Å². The van der Waals surface area contributed by atoms with Crippen LogP contribution in [-0.4, -0.2) is 68.7 Å². The molecule has 7 nitrogen and oxygen atoms in total. The number of piperidine rings is 1. The van der Waals surface area contributed by atoms with Gasteiger partial charge < -0.3 is 24.8 Å². The molecule has 0 spiro atoms. The van der Waals surface area contributed by atoms with E-state index in [1.807, 2.05) is 13.8 Å². The fourth-order valence-corrected chi connectivity index (χ4v) is 7.40. The molecule has 3 fully saturated rings. The number of nitrogens with one attached hydrogen (secondary N) is 2. The zero-order chi connectivity index (χ0) is 28.7. The number of benzene rings is 2. The number of nitrogens with zero attached hydrogens (tertiary/aromatic N) is 3. The number of H-pyrrole nitrogens is 1. The average molecular weight is 566 g/mol. The van der Waals surface area contributed by atoms with E-state index in [0.29, 0.717) is 41.1 Å². The summed E-state index contributed by atoms with van der Waals surface area (Å²) in [5.41, 5.74) is 1.31. The van der Waals surface area contributed by atoms with Gasteiger partial charge in [-0.05, 0) is 55.9 Å². The molecule has 0 unspecified atom stereocenters. The Balaban J connectivity index is 1.31. The molecule has 2 aromatic carbocycles. The molecule has 9 heteroatoms. The van der Waals surface area contributed by atoms with Crippen LogP contribution in [-0.2, 0) is 4.79 Å². The van der Waals surface area contributed by atoms with Crippen molar-refractivity contribution < 1.29 is 18.3 Å². The van der Waals surface area contributed by atoms with E-state index in [1.165, 1.54) is 17.0 Å². The van der Waals surface area contributed by atoms with E-state index < -0.39 is 17.3 Å². The van der Waals surface area contributed by atoms with Crippen molar-refractivity contribution >= 4 is 28.2 Å². The highest BCUT2D eigenvalue weighted by atomic mass is 19.1. The number of halogens is 2. The molecule has 3 aromatic rings. The lowest BCUT2D eigenvalue weighted by Crippen LogP contribution is -2.63. The van der Waals surface area contributed by atoms with Crippen LogP contribution in [0.1, 0.15) is 51.1 Å². The van der Waals surface area contributed by atoms with E-state index in [-0.39, 0.29) is 17.4 Å². The van der Waals surface area contributed by atoms with Gasteiger partial charge in [0.05, 0.1) is 29.9 Å². The van der Waals surface area contributed by atoms with Crippen LogP contribution in [0.4, 0.5) is 20.2 Å². The molecule has 220 valence electrons. The van der Waals surface area contributed by atoms with Gasteiger partial charge in [-0.3, -0.25) is 9.69 Å². The molecule has 3 saturated heterocycles. The number of rotatable bonds is 8. The summed E-state index contributed by atoms with van der Waals surface area (Å²) < 4.78 is 37.3. The Morgan fingerprint density at radius 2 is 1.73 bits per heavy atom. The van der Waals surface area contributed by atoms with Crippen molar-refractivity contribution in [1.29, 1.82) is 0 Å². The third-order valence-corrected chi connectivity index (χ3v) is 9.86. The van der Waals surface area contributed by atoms with E-state index in [9.17, 15) is 4.79 Å². The second-order valence-corrected chi connectivity index (χ2v) is 11.8. The summed E-state index contributed by atoms with van der Waals surface area (Å²) in [4.78, 5) is 23.1. The maximum atomic E-state index is 16.0. The molecule has 0 aliphatic carbocycles. The number of anilines is 2. The van der Waals surface area contributed by atoms with E-state index in [1.54, 1.807) is 31.5 Å². The van der Waals surface area contributed by atoms with Crippen LogP contribution < -0.4 is 19.9 Å². The Morgan fingerprint density at radius 1 is 1.00 bits per heavy atom. The van der Waals surface area contributed by atoms with Crippen molar-refractivity contribution in [3.05, 3.63) is 53.7 Å².